The number of hydrogen-bond acceptors (Lipinski definition) is 2. The van der Waals surface area contributed by atoms with Crippen LogP contribution in [0.1, 0.15) is 0 Å². The van der Waals surface area contributed by atoms with Gasteiger partial charge in [0, 0.05) is 23.2 Å². The summed E-state index contributed by atoms with van der Waals surface area (Å²) in [7, 11) is 0. The van der Waals surface area contributed by atoms with Gasteiger partial charge in [-0.2, -0.15) is 0 Å². The summed E-state index contributed by atoms with van der Waals surface area (Å²) in [5.74, 6) is 0. The van der Waals surface area contributed by atoms with E-state index >= 15 is 0 Å². The molecule has 0 saturated carbocycles. The van der Waals surface area contributed by atoms with Crippen LogP contribution in [0.3, 0.4) is 0 Å². The van der Waals surface area contributed by atoms with Gasteiger partial charge in [0.15, 0.2) is 0 Å². The summed E-state index contributed by atoms with van der Waals surface area (Å²) < 4.78 is 0. The molecule has 64 valence electrons. The van der Waals surface area contributed by atoms with Crippen LogP contribution in [0.15, 0.2) is 36.7 Å². The van der Waals surface area contributed by atoms with E-state index in [2.05, 4.69) is 22.1 Å². The Morgan fingerprint density at radius 3 is 2.93 bits per heavy atom. The highest BCUT2D eigenvalue weighted by molar-refractivity contribution is 6.01. The molecule has 2 nitrogen and oxygen atoms in total. The molecule has 0 fully saturated rings. The number of hydrogen-bond donors (Lipinski definition) is 0. The lowest BCUT2D eigenvalue weighted by Crippen LogP contribution is -1.83. The fraction of sp³-hybridized carbons (Fsp3) is 0. The van der Waals surface area contributed by atoms with Crippen molar-refractivity contribution < 1.29 is 0 Å². The molecule has 2 radical (unpaired) electrons. The second-order valence-corrected chi connectivity index (χ2v) is 3.04. The van der Waals surface area contributed by atoms with Crippen molar-refractivity contribution in [1.29, 1.82) is 0 Å². The molecule has 0 bridgehead atoms. The fourth-order valence-corrected chi connectivity index (χ4v) is 1.54. The molecule has 0 atom stereocenters. The van der Waals surface area contributed by atoms with Gasteiger partial charge in [-0.15, -0.1) is 0 Å². The van der Waals surface area contributed by atoms with Crippen LogP contribution in [0.5, 0.6) is 0 Å². The van der Waals surface area contributed by atoms with Crippen molar-refractivity contribution in [2.45, 2.75) is 0 Å². The van der Waals surface area contributed by atoms with Gasteiger partial charge in [0.1, 0.15) is 0 Å². The minimum atomic E-state index is 0.866. The van der Waals surface area contributed by atoms with Gasteiger partial charge in [-0.05, 0) is 30.3 Å². The average Bonchev–Trinajstić information content (AvgIpc) is 2.29. The van der Waals surface area contributed by atoms with Crippen molar-refractivity contribution in [3.8, 4) is 0 Å². The molecule has 0 aliphatic heterocycles. The quantitative estimate of drug-likeness (QED) is 0.494. The average molecular weight is 178 g/mol. The van der Waals surface area contributed by atoms with Crippen LogP contribution < -0.4 is 0 Å². The van der Waals surface area contributed by atoms with Crippen molar-refractivity contribution in [2.75, 3.05) is 0 Å². The maximum absolute atomic E-state index is 4.31. The van der Waals surface area contributed by atoms with E-state index in [0.717, 1.165) is 21.8 Å². The van der Waals surface area contributed by atoms with E-state index in [1.54, 1.807) is 18.5 Å². The molecule has 1 aromatic carbocycles. The Labute approximate surface area is 81.2 Å². The number of benzene rings is 1. The van der Waals surface area contributed by atoms with E-state index in [1.165, 1.54) is 0 Å². The molecule has 0 amide bonds. The zero-order valence-corrected chi connectivity index (χ0v) is 7.36. The fourth-order valence-electron chi connectivity index (χ4n) is 1.54. The minimum absolute atomic E-state index is 0.866. The maximum Gasteiger partial charge on any atom is 0.0977 e. The molecule has 0 N–H and O–H groups in total. The maximum atomic E-state index is 4.31. The standard InChI is InChI=1S/C12H6N2/c1-3-9-5-6-10-4-2-8-14-12(10)11(9)13-7-1/h1-3,5,7-8H. The Morgan fingerprint density at radius 2 is 1.93 bits per heavy atom. The topological polar surface area (TPSA) is 25.8 Å². The van der Waals surface area contributed by atoms with Crippen LogP contribution in [0.25, 0.3) is 21.8 Å². The predicted molar refractivity (Wildman–Crippen MR) is 54.7 cm³/mol. The van der Waals surface area contributed by atoms with Gasteiger partial charge in [0.05, 0.1) is 11.0 Å². The van der Waals surface area contributed by atoms with Crippen LogP contribution in [0.4, 0.5) is 0 Å². The summed E-state index contributed by atoms with van der Waals surface area (Å²) in [5.41, 5.74) is 1.78. The summed E-state index contributed by atoms with van der Waals surface area (Å²) in [4.78, 5) is 8.59. The van der Waals surface area contributed by atoms with Crippen LogP contribution >= 0.6 is 0 Å². The molecule has 0 aliphatic carbocycles. The van der Waals surface area contributed by atoms with Gasteiger partial charge >= 0.3 is 0 Å². The van der Waals surface area contributed by atoms with Gasteiger partial charge in [0.25, 0.3) is 0 Å². The first-order valence-corrected chi connectivity index (χ1v) is 4.37. The molecular formula is C12H6N2. The summed E-state index contributed by atoms with van der Waals surface area (Å²) in [6.45, 7) is 0. The summed E-state index contributed by atoms with van der Waals surface area (Å²) in [6, 6.07) is 13.8. The van der Waals surface area contributed by atoms with E-state index in [1.807, 2.05) is 18.2 Å². The summed E-state index contributed by atoms with van der Waals surface area (Å²) in [6.07, 6.45) is 3.50. The molecular weight excluding hydrogens is 172 g/mol. The SMILES string of the molecule is [c]1ccnc2c1[c]cc1cccnc12. The highest BCUT2D eigenvalue weighted by Gasteiger charge is 2.00. The third kappa shape index (κ3) is 0.973. The molecule has 0 aliphatic rings. The van der Waals surface area contributed by atoms with E-state index in [0.29, 0.717) is 0 Å². The lowest BCUT2D eigenvalue weighted by atomic mass is 10.1. The number of rotatable bonds is 0. The Balaban J connectivity index is 2.61. The molecule has 2 heterocycles. The second-order valence-electron chi connectivity index (χ2n) is 3.04. The first-order valence-electron chi connectivity index (χ1n) is 4.37. The van der Waals surface area contributed by atoms with Crippen LogP contribution in [0.2, 0.25) is 0 Å². The Hall–Kier alpha value is -1.96. The molecule has 2 aromatic heterocycles. The number of aromatic nitrogens is 2. The van der Waals surface area contributed by atoms with Crippen molar-refractivity contribution in [3.05, 3.63) is 48.8 Å². The van der Waals surface area contributed by atoms with Crippen molar-refractivity contribution >= 4 is 21.8 Å². The first kappa shape index (κ1) is 7.44. The molecule has 0 unspecified atom stereocenters. The van der Waals surface area contributed by atoms with Crippen LogP contribution in [0, 0.1) is 12.1 Å². The number of fused-ring (bicyclic) bond motifs is 3. The predicted octanol–water partition coefficient (Wildman–Crippen LogP) is 2.38. The second kappa shape index (κ2) is 2.77. The Bertz CT molecular complexity index is 547. The highest BCUT2D eigenvalue weighted by atomic mass is 14.7. The molecule has 0 spiro atoms. The largest absolute Gasteiger partial charge is 0.254 e. The Morgan fingerprint density at radius 1 is 1.00 bits per heavy atom. The van der Waals surface area contributed by atoms with Gasteiger partial charge in [-0.25, -0.2) is 0 Å². The lowest BCUT2D eigenvalue weighted by Gasteiger charge is -1.99. The van der Waals surface area contributed by atoms with Crippen molar-refractivity contribution in [3.63, 3.8) is 0 Å². The van der Waals surface area contributed by atoms with Crippen LogP contribution in [-0.4, -0.2) is 9.97 Å². The minimum Gasteiger partial charge on any atom is -0.254 e. The third-order valence-corrected chi connectivity index (χ3v) is 2.18. The van der Waals surface area contributed by atoms with Gasteiger partial charge in [-0.3, -0.25) is 9.97 Å². The monoisotopic (exact) mass is 178 g/mol. The molecule has 3 aromatic rings. The van der Waals surface area contributed by atoms with Gasteiger partial charge < -0.3 is 0 Å². The van der Waals surface area contributed by atoms with E-state index < -0.39 is 0 Å². The Kier molecular flexibility index (Phi) is 1.47. The van der Waals surface area contributed by atoms with E-state index in [9.17, 15) is 0 Å². The van der Waals surface area contributed by atoms with Gasteiger partial charge in [-0.1, -0.05) is 6.07 Å². The smallest absolute Gasteiger partial charge is 0.0977 e. The number of nitrogens with zero attached hydrogens (tertiary/aromatic N) is 2. The van der Waals surface area contributed by atoms with Crippen LogP contribution in [-0.2, 0) is 0 Å². The molecule has 3 rings (SSSR count). The first-order chi connectivity index (χ1) is 6.95. The number of pyridine rings is 2. The van der Waals surface area contributed by atoms with Crippen molar-refractivity contribution in [1.82, 2.24) is 9.97 Å². The highest BCUT2D eigenvalue weighted by Crippen LogP contribution is 2.19. The molecule has 0 saturated heterocycles. The molecule has 14 heavy (non-hydrogen) atoms. The van der Waals surface area contributed by atoms with E-state index in [4.69, 9.17) is 0 Å². The lowest BCUT2D eigenvalue weighted by molar-refractivity contribution is 1.37. The summed E-state index contributed by atoms with van der Waals surface area (Å²) >= 11 is 0. The normalized spacial score (nSPS) is 10.9. The zero-order valence-electron chi connectivity index (χ0n) is 7.36. The third-order valence-electron chi connectivity index (χ3n) is 2.18. The van der Waals surface area contributed by atoms with Gasteiger partial charge in [0.2, 0.25) is 0 Å². The zero-order chi connectivity index (χ0) is 9.38. The summed E-state index contributed by atoms with van der Waals surface area (Å²) in [5, 5.41) is 1.95. The van der Waals surface area contributed by atoms with E-state index in [-0.39, 0.29) is 0 Å². The van der Waals surface area contributed by atoms with Crippen molar-refractivity contribution in [2.24, 2.45) is 0 Å². The molecule has 2 heteroatoms.